The van der Waals surface area contributed by atoms with Crippen molar-refractivity contribution in [1.29, 1.82) is 0 Å². The second kappa shape index (κ2) is 5.92. The molecule has 22 heavy (non-hydrogen) atoms. The summed E-state index contributed by atoms with van der Waals surface area (Å²) in [7, 11) is 0. The van der Waals surface area contributed by atoms with Gasteiger partial charge in [0.1, 0.15) is 0 Å². The fourth-order valence-corrected chi connectivity index (χ4v) is 3.41. The number of aromatic nitrogens is 3. The molecule has 1 atom stereocenters. The lowest BCUT2D eigenvalue weighted by molar-refractivity contribution is -0.305. The SMILES string of the molecule is CCc1nnc2n1N=C(c1ccc(C)cc1)[C@H](CC(=O)[O-])S2. The Morgan fingerprint density at radius 1 is 1.32 bits per heavy atom. The third kappa shape index (κ3) is 2.76. The fraction of sp³-hybridized carbons (Fsp3) is 0.333. The van der Waals surface area contributed by atoms with Crippen LogP contribution in [0.25, 0.3) is 0 Å². The number of carboxylic acids is 1. The molecule has 0 radical (unpaired) electrons. The molecule has 0 bridgehead atoms. The minimum Gasteiger partial charge on any atom is -0.550 e. The minimum atomic E-state index is -1.10. The number of hydrogen-bond donors (Lipinski definition) is 0. The number of nitrogens with zero attached hydrogens (tertiary/aromatic N) is 4. The highest BCUT2D eigenvalue weighted by Gasteiger charge is 2.28. The number of hydrogen-bond acceptors (Lipinski definition) is 6. The molecule has 2 aromatic rings. The number of fused-ring (bicyclic) bond motifs is 1. The summed E-state index contributed by atoms with van der Waals surface area (Å²) in [4.78, 5) is 11.0. The van der Waals surface area contributed by atoms with Crippen molar-refractivity contribution in [2.24, 2.45) is 5.10 Å². The molecule has 1 aromatic heterocycles. The Morgan fingerprint density at radius 3 is 2.68 bits per heavy atom. The average Bonchev–Trinajstić information content (AvgIpc) is 2.88. The molecule has 3 rings (SSSR count). The van der Waals surface area contributed by atoms with Crippen LogP contribution >= 0.6 is 11.8 Å². The van der Waals surface area contributed by atoms with E-state index in [0.717, 1.165) is 22.7 Å². The van der Waals surface area contributed by atoms with Crippen molar-refractivity contribution in [1.82, 2.24) is 14.9 Å². The lowest BCUT2D eigenvalue weighted by atomic mass is 10.0. The smallest absolute Gasteiger partial charge is 0.212 e. The number of aryl methyl sites for hydroxylation is 2. The van der Waals surface area contributed by atoms with E-state index in [4.69, 9.17) is 0 Å². The summed E-state index contributed by atoms with van der Waals surface area (Å²) in [6.07, 6.45) is 0.606. The molecule has 2 heterocycles. The summed E-state index contributed by atoms with van der Waals surface area (Å²) in [5.41, 5.74) is 2.77. The van der Waals surface area contributed by atoms with E-state index in [1.165, 1.54) is 11.8 Å². The molecule has 0 spiro atoms. The number of thioether (sulfide) groups is 1. The zero-order valence-corrected chi connectivity index (χ0v) is 13.1. The molecule has 1 aliphatic heterocycles. The number of rotatable bonds is 4. The van der Waals surface area contributed by atoms with E-state index < -0.39 is 5.97 Å². The predicted octanol–water partition coefficient (Wildman–Crippen LogP) is 1.02. The molecule has 0 saturated carbocycles. The summed E-state index contributed by atoms with van der Waals surface area (Å²) in [6.45, 7) is 3.99. The van der Waals surface area contributed by atoms with E-state index in [1.54, 1.807) is 4.68 Å². The molecule has 0 saturated heterocycles. The van der Waals surface area contributed by atoms with Gasteiger partial charge in [0.05, 0.1) is 11.0 Å². The number of aliphatic carboxylic acids is 1. The van der Waals surface area contributed by atoms with Gasteiger partial charge in [0, 0.05) is 18.8 Å². The second-order valence-electron chi connectivity index (χ2n) is 5.10. The van der Waals surface area contributed by atoms with Crippen molar-refractivity contribution < 1.29 is 9.90 Å². The third-order valence-electron chi connectivity index (χ3n) is 3.45. The summed E-state index contributed by atoms with van der Waals surface area (Å²) in [5, 5.41) is 24.1. The van der Waals surface area contributed by atoms with Crippen molar-refractivity contribution in [2.45, 2.75) is 37.1 Å². The lowest BCUT2D eigenvalue weighted by Crippen LogP contribution is -2.33. The highest BCUT2D eigenvalue weighted by molar-refractivity contribution is 8.00. The van der Waals surface area contributed by atoms with Gasteiger partial charge < -0.3 is 9.90 Å². The maximum atomic E-state index is 11.0. The van der Waals surface area contributed by atoms with E-state index in [0.29, 0.717) is 11.6 Å². The number of carbonyl (C=O) groups is 1. The maximum Gasteiger partial charge on any atom is 0.212 e. The molecule has 0 fully saturated rings. The molecule has 7 heteroatoms. The van der Waals surface area contributed by atoms with Crippen LogP contribution in [0.3, 0.4) is 0 Å². The third-order valence-corrected chi connectivity index (χ3v) is 4.59. The Balaban J connectivity index is 2.07. The molecule has 1 aliphatic rings. The molecule has 0 N–H and O–H groups in total. The molecule has 114 valence electrons. The average molecular weight is 315 g/mol. The molecule has 1 aromatic carbocycles. The quantitative estimate of drug-likeness (QED) is 0.841. The van der Waals surface area contributed by atoms with Gasteiger partial charge in [-0.25, -0.2) is 0 Å². The van der Waals surface area contributed by atoms with Gasteiger partial charge in [-0.2, -0.15) is 9.78 Å². The Bertz CT molecular complexity index is 737. The van der Waals surface area contributed by atoms with Gasteiger partial charge >= 0.3 is 0 Å². The van der Waals surface area contributed by atoms with E-state index >= 15 is 0 Å². The maximum absolute atomic E-state index is 11.0. The van der Waals surface area contributed by atoms with Gasteiger partial charge in [-0.1, -0.05) is 48.5 Å². The van der Waals surface area contributed by atoms with Crippen molar-refractivity contribution in [3.05, 3.63) is 41.2 Å². The van der Waals surface area contributed by atoms with Gasteiger partial charge in [0.2, 0.25) is 5.16 Å². The monoisotopic (exact) mass is 315 g/mol. The first kappa shape index (κ1) is 14.8. The Labute approximate surface area is 132 Å². The summed E-state index contributed by atoms with van der Waals surface area (Å²) in [6, 6.07) is 7.89. The second-order valence-corrected chi connectivity index (χ2v) is 6.27. The largest absolute Gasteiger partial charge is 0.550 e. The van der Waals surface area contributed by atoms with Crippen molar-refractivity contribution >= 4 is 23.4 Å². The van der Waals surface area contributed by atoms with Crippen LogP contribution in [0.2, 0.25) is 0 Å². The Morgan fingerprint density at radius 2 is 2.05 bits per heavy atom. The number of benzene rings is 1. The first-order valence-electron chi connectivity index (χ1n) is 7.05. The number of carbonyl (C=O) groups excluding carboxylic acids is 1. The van der Waals surface area contributed by atoms with Crippen LogP contribution in [0.5, 0.6) is 0 Å². The van der Waals surface area contributed by atoms with Crippen molar-refractivity contribution in [3.8, 4) is 0 Å². The van der Waals surface area contributed by atoms with Crippen LogP contribution in [0.15, 0.2) is 34.5 Å². The molecule has 0 aliphatic carbocycles. The highest BCUT2D eigenvalue weighted by Crippen LogP contribution is 2.32. The molecule has 6 nitrogen and oxygen atoms in total. The Kier molecular flexibility index (Phi) is 3.98. The van der Waals surface area contributed by atoms with Crippen molar-refractivity contribution in [3.63, 3.8) is 0 Å². The van der Waals surface area contributed by atoms with E-state index in [-0.39, 0.29) is 11.7 Å². The molecule has 0 unspecified atom stereocenters. The normalized spacial score (nSPS) is 17.0. The summed E-state index contributed by atoms with van der Waals surface area (Å²) in [5.74, 6) is -0.333. The minimum absolute atomic E-state index is 0.105. The van der Waals surface area contributed by atoms with Gasteiger partial charge in [0.15, 0.2) is 5.82 Å². The van der Waals surface area contributed by atoms with Gasteiger partial charge in [0.25, 0.3) is 0 Å². The fourth-order valence-electron chi connectivity index (χ4n) is 2.30. The van der Waals surface area contributed by atoms with Gasteiger partial charge in [-0.05, 0) is 12.5 Å². The van der Waals surface area contributed by atoms with Crippen LogP contribution in [-0.4, -0.2) is 31.8 Å². The molecular weight excluding hydrogens is 300 g/mol. The van der Waals surface area contributed by atoms with Crippen LogP contribution in [0.4, 0.5) is 0 Å². The zero-order chi connectivity index (χ0) is 15.7. The van der Waals surface area contributed by atoms with Crippen molar-refractivity contribution in [2.75, 3.05) is 0 Å². The van der Waals surface area contributed by atoms with Crippen LogP contribution in [-0.2, 0) is 11.2 Å². The highest BCUT2D eigenvalue weighted by atomic mass is 32.2. The van der Waals surface area contributed by atoms with Crippen LogP contribution < -0.4 is 5.11 Å². The van der Waals surface area contributed by atoms with E-state index in [1.807, 2.05) is 38.1 Å². The molecule has 0 amide bonds. The van der Waals surface area contributed by atoms with Crippen LogP contribution in [0, 0.1) is 6.92 Å². The summed E-state index contributed by atoms with van der Waals surface area (Å²) < 4.78 is 1.70. The lowest BCUT2D eigenvalue weighted by Gasteiger charge is -2.23. The van der Waals surface area contributed by atoms with Gasteiger partial charge in [-0.3, -0.25) is 0 Å². The predicted molar refractivity (Wildman–Crippen MR) is 81.8 cm³/mol. The molecular formula is C15H15N4O2S-. The van der Waals surface area contributed by atoms with E-state index in [9.17, 15) is 9.90 Å². The Hall–Kier alpha value is -2.15. The zero-order valence-electron chi connectivity index (χ0n) is 12.3. The number of carboxylic acid groups (broad SMARTS) is 1. The first-order chi connectivity index (χ1) is 10.6. The first-order valence-corrected chi connectivity index (χ1v) is 7.93. The standard InChI is InChI=1S/C15H16N4O2S/c1-3-12-16-17-15-19(12)18-14(11(22-15)8-13(20)21)10-6-4-9(2)5-7-10/h4-7,11H,3,8H2,1-2H3,(H,20,21)/p-1/t11-/m0/s1. The van der Waals surface area contributed by atoms with Crippen LogP contribution in [0.1, 0.15) is 30.3 Å². The van der Waals surface area contributed by atoms with E-state index in [2.05, 4.69) is 15.3 Å². The summed E-state index contributed by atoms with van der Waals surface area (Å²) >= 11 is 1.37. The topological polar surface area (TPSA) is 83.2 Å². The van der Waals surface area contributed by atoms with Gasteiger partial charge in [-0.15, -0.1) is 10.2 Å².